The van der Waals surface area contributed by atoms with Crippen molar-refractivity contribution in [3.63, 3.8) is 0 Å². The van der Waals surface area contributed by atoms with Crippen molar-refractivity contribution in [1.29, 1.82) is 0 Å². The van der Waals surface area contributed by atoms with E-state index in [1.807, 2.05) is 0 Å². The molecule has 1 aromatic heterocycles. The maximum atomic E-state index is 12.9. The van der Waals surface area contributed by atoms with Crippen LogP contribution in [0.2, 0.25) is 0 Å². The average molecular weight is 462 g/mol. The van der Waals surface area contributed by atoms with Crippen LogP contribution in [-0.2, 0) is 10.0 Å². The lowest BCUT2D eigenvalue weighted by Gasteiger charge is -2.11. The highest BCUT2D eigenvalue weighted by Gasteiger charge is 2.16. The first-order valence-electron chi connectivity index (χ1n) is 8.63. The first kappa shape index (κ1) is 22.1. The number of halogens is 1. The molecule has 9 nitrogen and oxygen atoms in total. The summed E-state index contributed by atoms with van der Waals surface area (Å²) in [6.45, 7) is 0. The fraction of sp³-hybridized carbons (Fsp3) is 0.0526. The number of hydrogen-bond donors (Lipinski definition) is 3. The number of anilines is 2. The molecule has 0 aliphatic rings. The maximum absolute atomic E-state index is 12.9. The highest BCUT2D eigenvalue weighted by atomic mass is 32.2. The first-order chi connectivity index (χ1) is 14.8. The lowest BCUT2D eigenvalue weighted by molar-refractivity contribution is 0.0977. The highest BCUT2D eigenvalue weighted by molar-refractivity contribution is 7.92. The van der Waals surface area contributed by atoms with Gasteiger partial charge < -0.3 is 10.1 Å². The zero-order chi connectivity index (χ0) is 22.4. The van der Waals surface area contributed by atoms with Crippen molar-refractivity contribution in [1.82, 2.24) is 15.3 Å². The first-order valence-corrected chi connectivity index (χ1v) is 10.5. The van der Waals surface area contributed by atoms with Crippen molar-refractivity contribution in [2.45, 2.75) is 4.90 Å². The molecule has 0 aliphatic heterocycles. The number of nitrogens with one attached hydrogen (secondary N) is 3. The fourth-order valence-corrected chi connectivity index (χ4v) is 3.57. The second-order valence-electron chi connectivity index (χ2n) is 5.99. The van der Waals surface area contributed by atoms with Gasteiger partial charge in [0.05, 0.1) is 12.0 Å². The zero-order valence-corrected chi connectivity index (χ0v) is 17.6. The van der Waals surface area contributed by atoms with Crippen LogP contribution in [0.3, 0.4) is 0 Å². The summed E-state index contributed by atoms with van der Waals surface area (Å²) in [4.78, 5) is 19.7. The van der Waals surface area contributed by atoms with Gasteiger partial charge in [-0.25, -0.2) is 22.8 Å². The number of hydrogen-bond acceptors (Lipinski definition) is 7. The fourth-order valence-electron chi connectivity index (χ4n) is 2.36. The van der Waals surface area contributed by atoms with E-state index >= 15 is 0 Å². The van der Waals surface area contributed by atoms with Crippen LogP contribution in [-0.4, -0.2) is 36.5 Å². The molecule has 0 radical (unpaired) electrons. The van der Waals surface area contributed by atoms with E-state index in [1.165, 1.54) is 55.9 Å². The molecule has 0 saturated heterocycles. The number of ether oxygens (including phenoxy) is 1. The number of aromatic nitrogens is 2. The molecule has 0 atom stereocenters. The molecule has 160 valence electrons. The van der Waals surface area contributed by atoms with Gasteiger partial charge in [-0.2, -0.15) is 0 Å². The minimum absolute atomic E-state index is 0.00358. The second-order valence-corrected chi connectivity index (χ2v) is 8.08. The number of methoxy groups -OCH3 is 1. The third kappa shape index (κ3) is 5.93. The Bertz CT molecular complexity index is 1200. The van der Waals surface area contributed by atoms with Crippen LogP contribution in [0.15, 0.2) is 65.8 Å². The number of benzene rings is 2. The van der Waals surface area contributed by atoms with Crippen molar-refractivity contribution in [3.8, 4) is 5.88 Å². The molecule has 2 aromatic carbocycles. The Morgan fingerprint density at radius 2 is 1.74 bits per heavy atom. The summed E-state index contributed by atoms with van der Waals surface area (Å²) in [7, 11) is -2.50. The predicted octanol–water partition coefficient (Wildman–Crippen LogP) is 2.55. The molecule has 0 bridgehead atoms. The third-order valence-electron chi connectivity index (χ3n) is 3.85. The minimum Gasteiger partial charge on any atom is -0.481 e. The second kappa shape index (κ2) is 9.45. The van der Waals surface area contributed by atoms with Crippen LogP contribution < -0.4 is 20.1 Å². The van der Waals surface area contributed by atoms with Crippen molar-refractivity contribution in [2.75, 3.05) is 17.1 Å². The van der Waals surface area contributed by atoms with E-state index in [-0.39, 0.29) is 27.3 Å². The van der Waals surface area contributed by atoms with Gasteiger partial charge in [0.15, 0.2) is 5.11 Å². The Balaban J connectivity index is 1.63. The van der Waals surface area contributed by atoms with E-state index in [1.54, 1.807) is 0 Å². The molecule has 1 amide bonds. The van der Waals surface area contributed by atoms with E-state index in [9.17, 15) is 17.6 Å². The number of sulfonamides is 1. The van der Waals surface area contributed by atoms with Gasteiger partial charge in [0.2, 0.25) is 5.88 Å². The molecule has 0 fully saturated rings. The van der Waals surface area contributed by atoms with E-state index in [2.05, 4.69) is 25.3 Å². The molecule has 0 unspecified atom stereocenters. The monoisotopic (exact) mass is 461 g/mol. The smallest absolute Gasteiger partial charge is 0.263 e. The highest BCUT2D eigenvalue weighted by Crippen LogP contribution is 2.18. The topological polar surface area (TPSA) is 122 Å². The number of rotatable bonds is 6. The van der Waals surface area contributed by atoms with Gasteiger partial charge in [0, 0.05) is 17.3 Å². The largest absolute Gasteiger partial charge is 0.481 e. The van der Waals surface area contributed by atoms with Crippen molar-refractivity contribution in [2.24, 2.45) is 0 Å². The standard InChI is InChI=1S/C19H16FN5O4S2/c1-29-17-10-16(21-11-22-17)25-31(27,28)15-8-6-14(7-9-15)23-19(30)24-18(26)12-2-4-13(20)5-3-12/h2-11H,1H3,(H,21,22,25)(H2,23,24,26,30). The van der Waals surface area contributed by atoms with Crippen LogP contribution in [0.25, 0.3) is 0 Å². The molecule has 31 heavy (non-hydrogen) atoms. The van der Waals surface area contributed by atoms with Gasteiger partial charge in [-0.15, -0.1) is 0 Å². The molecule has 3 rings (SSSR count). The van der Waals surface area contributed by atoms with Crippen LogP contribution >= 0.6 is 12.2 Å². The minimum atomic E-state index is -3.90. The quantitative estimate of drug-likeness (QED) is 0.479. The van der Waals surface area contributed by atoms with Gasteiger partial charge in [0.1, 0.15) is 18.0 Å². The van der Waals surface area contributed by atoms with Gasteiger partial charge in [0.25, 0.3) is 15.9 Å². The molecule has 0 aliphatic carbocycles. The van der Waals surface area contributed by atoms with Gasteiger partial charge in [-0.3, -0.25) is 14.8 Å². The van der Waals surface area contributed by atoms with Gasteiger partial charge in [-0.05, 0) is 60.7 Å². The Kier molecular flexibility index (Phi) is 6.72. The summed E-state index contributed by atoms with van der Waals surface area (Å²) < 4.78 is 45.2. The summed E-state index contributed by atoms with van der Waals surface area (Å²) >= 11 is 5.08. The van der Waals surface area contributed by atoms with Gasteiger partial charge >= 0.3 is 0 Å². The van der Waals surface area contributed by atoms with Crippen LogP contribution in [0.4, 0.5) is 15.9 Å². The normalized spacial score (nSPS) is 10.8. The van der Waals surface area contributed by atoms with E-state index < -0.39 is 21.7 Å². The molecular formula is C19H16FN5O4S2. The molecule has 3 aromatic rings. The average Bonchev–Trinajstić information content (AvgIpc) is 2.74. The predicted molar refractivity (Wildman–Crippen MR) is 116 cm³/mol. The number of nitrogens with zero attached hydrogens (tertiary/aromatic N) is 2. The maximum Gasteiger partial charge on any atom is 0.263 e. The van der Waals surface area contributed by atoms with Crippen LogP contribution in [0.1, 0.15) is 10.4 Å². The lowest BCUT2D eigenvalue weighted by atomic mass is 10.2. The van der Waals surface area contributed by atoms with E-state index in [0.29, 0.717) is 5.69 Å². The number of thiocarbonyl (C=S) groups is 1. The Morgan fingerprint density at radius 1 is 1.06 bits per heavy atom. The lowest BCUT2D eigenvalue weighted by Crippen LogP contribution is -2.34. The SMILES string of the molecule is COc1cc(NS(=O)(=O)c2ccc(NC(=S)NC(=O)c3ccc(F)cc3)cc2)ncn1. The van der Waals surface area contributed by atoms with Crippen LogP contribution in [0, 0.1) is 5.82 Å². The molecule has 3 N–H and O–H groups in total. The summed E-state index contributed by atoms with van der Waals surface area (Å²) in [6.07, 6.45) is 1.17. The number of amides is 1. The van der Waals surface area contributed by atoms with Gasteiger partial charge in [-0.1, -0.05) is 0 Å². The Morgan fingerprint density at radius 3 is 2.39 bits per heavy atom. The Labute approximate surface area is 182 Å². The zero-order valence-electron chi connectivity index (χ0n) is 16.0. The summed E-state index contributed by atoms with van der Waals surface area (Å²) in [6, 6.07) is 12.0. The summed E-state index contributed by atoms with van der Waals surface area (Å²) in [5.41, 5.74) is 0.687. The Hall–Kier alpha value is -3.64. The van der Waals surface area contributed by atoms with E-state index in [0.717, 1.165) is 12.1 Å². The van der Waals surface area contributed by atoms with Crippen LogP contribution in [0.5, 0.6) is 5.88 Å². The number of carbonyl (C=O) groups excluding carboxylic acids is 1. The molecule has 0 saturated carbocycles. The summed E-state index contributed by atoms with van der Waals surface area (Å²) in [5.74, 6) is -0.705. The van der Waals surface area contributed by atoms with E-state index in [4.69, 9.17) is 17.0 Å². The molecule has 12 heteroatoms. The molecular weight excluding hydrogens is 445 g/mol. The number of carbonyl (C=O) groups is 1. The third-order valence-corrected chi connectivity index (χ3v) is 5.42. The van der Waals surface area contributed by atoms with Crippen molar-refractivity contribution >= 4 is 44.8 Å². The molecule has 0 spiro atoms. The van der Waals surface area contributed by atoms with Crippen molar-refractivity contribution in [3.05, 3.63) is 72.3 Å². The van der Waals surface area contributed by atoms with Crippen molar-refractivity contribution < 1.29 is 22.3 Å². The molecule has 1 heterocycles. The summed E-state index contributed by atoms with van der Waals surface area (Å²) in [5, 5.41) is 5.22.